The lowest BCUT2D eigenvalue weighted by Gasteiger charge is -2.55. The van der Waals surface area contributed by atoms with E-state index in [1.54, 1.807) is 12.1 Å². The fourth-order valence-electron chi connectivity index (χ4n) is 4.09. The van der Waals surface area contributed by atoms with Crippen molar-refractivity contribution in [2.45, 2.75) is 0 Å². The van der Waals surface area contributed by atoms with Crippen LogP contribution in [0.4, 0.5) is 10.2 Å². The summed E-state index contributed by atoms with van der Waals surface area (Å²) < 4.78 is 30.5. The minimum atomic E-state index is -0.485. The predicted molar refractivity (Wildman–Crippen MR) is 105 cm³/mol. The topological polar surface area (TPSA) is 76.7 Å². The number of aromatic amines is 1. The van der Waals surface area contributed by atoms with Gasteiger partial charge in [0.25, 0.3) is 0 Å². The second-order valence-corrected chi connectivity index (χ2v) is 7.65. The molecule has 2 fully saturated rings. The van der Waals surface area contributed by atoms with E-state index in [4.69, 9.17) is 14.2 Å². The van der Waals surface area contributed by atoms with Crippen LogP contribution in [0.25, 0.3) is 22.0 Å². The number of benzene rings is 1. The summed E-state index contributed by atoms with van der Waals surface area (Å²) in [6.07, 6.45) is 1.52. The van der Waals surface area contributed by atoms with Gasteiger partial charge in [0.15, 0.2) is 0 Å². The van der Waals surface area contributed by atoms with Gasteiger partial charge in [-0.15, -0.1) is 0 Å². The number of aromatic nitrogens is 2. The maximum Gasteiger partial charge on any atom is 0.340 e. The number of halogens is 1. The molecule has 0 amide bonds. The lowest BCUT2D eigenvalue weighted by atomic mass is 9.78. The average molecular weight is 397 g/mol. The molecule has 0 atom stereocenters. The van der Waals surface area contributed by atoms with Gasteiger partial charge in [0.1, 0.15) is 11.6 Å². The normalized spacial score (nSPS) is 17.1. The number of nitrogens with zero attached hydrogens (tertiary/aromatic N) is 2. The standard InChI is InChI=1S/C21H20FN3O4/c1-27-19-12(3-4-18(24-19)25-8-21(9-25)10-29-11-21)13-5-14-15(20(26)28-2)7-23-17(14)6-16(13)22/h3-7,23H,8-11H2,1-2H3. The van der Waals surface area contributed by atoms with Crippen LogP contribution >= 0.6 is 0 Å². The number of hydrogen-bond donors (Lipinski definition) is 1. The van der Waals surface area contributed by atoms with Crippen LogP contribution in [-0.2, 0) is 9.47 Å². The van der Waals surface area contributed by atoms with E-state index in [0.29, 0.717) is 33.5 Å². The second kappa shape index (κ2) is 6.45. The van der Waals surface area contributed by atoms with Crippen molar-refractivity contribution in [2.24, 2.45) is 5.41 Å². The Kier molecular flexibility index (Phi) is 3.99. The van der Waals surface area contributed by atoms with E-state index < -0.39 is 11.8 Å². The van der Waals surface area contributed by atoms with Crippen LogP contribution < -0.4 is 9.64 Å². The molecule has 1 aromatic carbocycles. The zero-order chi connectivity index (χ0) is 20.2. The molecule has 7 nitrogen and oxygen atoms in total. The van der Waals surface area contributed by atoms with Crippen molar-refractivity contribution >= 4 is 22.7 Å². The Hall–Kier alpha value is -3.13. The number of esters is 1. The number of ether oxygens (including phenoxy) is 3. The van der Waals surface area contributed by atoms with Gasteiger partial charge in [-0.3, -0.25) is 0 Å². The van der Waals surface area contributed by atoms with Crippen LogP contribution in [0.15, 0.2) is 30.5 Å². The van der Waals surface area contributed by atoms with Crippen LogP contribution in [0.5, 0.6) is 5.88 Å². The van der Waals surface area contributed by atoms with Crippen LogP contribution in [0.1, 0.15) is 10.4 Å². The van der Waals surface area contributed by atoms with Crippen molar-refractivity contribution in [3.63, 3.8) is 0 Å². The maximum absolute atomic E-state index is 14.9. The molecule has 150 valence electrons. The highest BCUT2D eigenvalue weighted by Crippen LogP contribution is 2.41. The van der Waals surface area contributed by atoms with Gasteiger partial charge in [0.05, 0.1) is 38.4 Å². The fraction of sp³-hybridized carbons (Fsp3) is 0.333. The van der Waals surface area contributed by atoms with Gasteiger partial charge in [-0.25, -0.2) is 9.18 Å². The minimum Gasteiger partial charge on any atom is -0.480 e. The smallest absolute Gasteiger partial charge is 0.340 e. The first-order valence-corrected chi connectivity index (χ1v) is 9.31. The first kappa shape index (κ1) is 17.9. The number of H-pyrrole nitrogens is 1. The SMILES string of the molecule is COC(=O)c1c[nH]c2cc(F)c(-c3ccc(N4CC5(COC5)C4)nc3OC)cc12. The molecule has 0 aliphatic carbocycles. The largest absolute Gasteiger partial charge is 0.480 e. The molecular weight excluding hydrogens is 377 g/mol. The number of fused-ring (bicyclic) bond motifs is 1. The predicted octanol–water partition coefficient (Wildman–Crippen LogP) is 3.00. The Balaban J connectivity index is 1.53. The molecule has 0 unspecified atom stereocenters. The van der Waals surface area contributed by atoms with E-state index in [2.05, 4.69) is 14.9 Å². The Morgan fingerprint density at radius 2 is 2.03 bits per heavy atom. The molecule has 2 aliphatic rings. The molecule has 5 rings (SSSR count). The third-order valence-electron chi connectivity index (χ3n) is 5.70. The quantitative estimate of drug-likeness (QED) is 0.682. The highest BCUT2D eigenvalue weighted by Gasteiger charge is 2.49. The van der Waals surface area contributed by atoms with Crippen molar-refractivity contribution in [3.05, 3.63) is 41.8 Å². The molecule has 29 heavy (non-hydrogen) atoms. The van der Waals surface area contributed by atoms with Gasteiger partial charge in [-0.1, -0.05) is 0 Å². The van der Waals surface area contributed by atoms with Crippen LogP contribution in [0.3, 0.4) is 0 Å². The Labute approximate surface area is 166 Å². The van der Waals surface area contributed by atoms with Crippen LogP contribution in [-0.4, -0.2) is 56.5 Å². The molecular formula is C21H20FN3O4. The van der Waals surface area contributed by atoms with Crippen molar-refractivity contribution < 1.29 is 23.4 Å². The van der Waals surface area contributed by atoms with Gasteiger partial charge < -0.3 is 24.1 Å². The molecule has 2 aliphatic heterocycles. The summed E-state index contributed by atoms with van der Waals surface area (Å²) in [5.41, 5.74) is 1.97. The molecule has 2 aromatic heterocycles. The van der Waals surface area contributed by atoms with E-state index in [-0.39, 0.29) is 5.41 Å². The Morgan fingerprint density at radius 1 is 1.24 bits per heavy atom. The number of methoxy groups -OCH3 is 2. The van der Waals surface area contributed by atoms with E-state index >= 15 is 0 Å². The molecule has 3 aromatic rings. The lowest BCUT2D eigenvalue weighted by molar-refractivity contribution is -0.127. The number of carbonyl (C=O) groups excluding carboxylic acids is 1. The second-order valence-electron chi connectivity index (χ2n) is 7.65. The lowest BCUT2D eigenvalue weighted by Crippen LogP contribution is -2.66. The fourth-order valence-corrected chi connectivity index (χ4v) is 4.09. The third-order valence-corrected chi connectivity index (χ3v) is 5.70. The first-order valence-electron chi connectivity index (χ1n) is 9.31. The summed E-state index contributed by atoms with van der Waals surface area (Å²) in [5, 5.41) is 0.578. The summed E-state index contributed by atoms with van der Waals surface area (Å²) >= 11 is 0. The van der Waals surface area contributed by atoms with Gasteiger partial charge in [-0.2, -0.15) is 4.98 Å². The Bertz CT molecular complexity index is 1110. The molecule has 0 bridgehead atoms. The van der Waals surface area contributed by atoms with Gasteiger partial charge in [-0.05, 0) is 24.3 Å². The van der Waals surface area contributed by atoms with E-state index in [1.165, 1.54) is 26.5 Å². The molecule has 0 saturated carbocycles. The number of hydrogen-bond acceptors (Lipinski definition) is 6. The number of carbonyl (C=O) groups is 1. The summed E-state index contributed by atoms with van der Waals surface area (Å²) in [6.45, 7) is 3.38. The third kappa shape index (κ3) is 2.74. The van der Waals surface area contributed by atoms with Gasteiger partial charge in [0.2, 0.25) is 5.88 Å². The molecule has 1 N–H and O–H groups in total. The van der Waals surface area contributed by atoms with Crippen LogP contribution in [0, 0.1) is 11.2 Å². The molecule has 4 heterocycles. The molecule has 0 radical (unpaired) electrons. The number of nitrogens with one attached hydrogen (secondary N) is 1. The zero-order valence-corrected chi connectivity index (χ0v) is 16.1. The van der Waals surface area contributed by atoms with Gasteiger partial charge >= 0.3 is 5.97 Å². The Morgan fingerprint density at radius 3 is 2.69 bits per heavy atom. The van der Waals surface area contributed by atoms with Crippen molar-refractivity contribution in [3.8, 4) is 17.0 Å². The summed E-state index contributed by atoms with van der Waals surface area (Å²) in [7, 11) is 2.83. The number of anilines is 1. The maximum atomic E-state index is 14.9. The van der Waals surface area contributed by atoms with E-state index in [0.717, 1.165) is 32.1 Å². The van der Waals surface area contributed by atoms with Gasteiger partial charge in [0, 0.05) is 41.3 Å². The van der Waals surface area contributed by atoms with Crippen LogP contribution in [0.2, 0.25) is 0 Å². The van der Waals surface area contributed by atoms with E-state index in [1.807, 2.05) is 6.07 Å². The molecule has 2 saturated heterocycles. The summed E-state index contributed by atoms with van der Waals surface area (Å²) in [6, 6.07) is 6.65. The highest BCUT2D eigenvalue weighted by atomic mass is 19.1. The minimum absolute atomic E-state index is 0.267. The summed E-state index contributed by atoms with van der Waals surface area (Å²) in [4.78, 5) is 21.7. The van der Waals surface area contributed by atoms with E-state index in [9.17, 15) is 9.18 Å². The summed E-state index contributed by atoms with van der Waals surface area (Å²) in [5.74, 6) is 0.210. The first-order chi connectivity index (χ1) is 14.0. The zero-order valence-electron chi connectivity index (χ0n) is 16.1. The molecule has 1 spiro atoms. The van der Waals surface area contributed by atoms with Crippen molar-refractivity contribution in [1.29, 1.82) is 0 Å². The average Bonchev–Trinajstić information content (AvgIpc) is 3.07. The highest BCUT2D eigenvalue weighted by molar-refractivity contribution is 6.05. The monoisotopic (exact) mass is 397 g/mol. The number of pyridine rings is 1. The number of rotatable bonds is 4. The molecule has 8 heteroatoms. The van der Waals surface area contributed by atoms with Crippen molar-refractivity contribution in [1.82, 2.24) is 9.97 Å². The van der Waals surface area contributed by atoms with Crippen molar-refractivity contribution in [2.75, 3.05) is 45.4 Å².